The van der Waals surface area contributed by atoms with Crippen LogP contribution in [-0.2, 0) is 18.2 Å². The highest BCUT2D eigenvalue weighted by atomic mass is 16.5. The molecule has 4 nitrogen and oxygen atoms in total. The van der Waals surface area contributed by atoms with Crippen LogP contribution >= 0.6 is 0 Å². The predicted molar refractivity (Wildman–Crippen MR) is 65.9 cm³/mol. The van der Waals surface area contributed by atoms with E-state index < -0.39 is 0 Å². The van der Waals surface area contributed by atoms with E-state index in [2.05, 4.69) is 12.0 Å². The average molecular weight is 238 g/mol. The lowest BCUT2D eigenvalue weighted by atomic mass is 9.95. The Labute approximate surface area is 103 Å². The molecule has 2 atom stereocenters. The summed E-state index contributed by atoms with van der Waals surface area (Å²) < 4.78 is 7.22. The topological polar surface area (TPSA) is 47.3 Å². The number of nitrogens with zero attached hydrogens (tertiary/aromatic N) is 2. The van der Waals surface area contributed by atoms with Crippen LogP contribution in [0.3, 0.4) is 0 Å². The molecule has 96 valence electrons. The first-order chi connectivity index (χ1) is 8.09. The molecule has 0 spiro atoms. The molecule has 0 aliphatic carbocycles. The molecule has 4 heteroatoms. The van der Waals surface area contributed by atoms with Crippen LogP contribution in [0.5, 0.6) is 0 Å². The van der Waals surface area contributed by atoms with Gasteiger partial charge >= 0.3 is 0 Å². The zero-order chi connectivity index (χ0) is 12.4. The second-order valence-electron chi connectivity index (χ2n) is 5.00. The molecule has 0 aromatic carbocycles. The van der Waals surface area contributed by atoms with Crippen molar-refractivity contribution in [2.75, 3.05) is 13.2 Å². The zero-order valence-corrected chi connectivity index (χ0v) is 10.9. The zero-order valence-electron chi connectivity index (χ0n) is 10.9. The highest BCUT2D eigenvalue weighted by molar-refractivity contribution is 5.24. The number of aryl methyl sites for hydroxylation is 2. The molecule has 1 aromatic heterocycles. The summed E-state index contributed by atoms with van der Waals surface area (Å²) in [5, 5.41) is 14.5. The third kappa shape index (κ3) is 2.69. The van der Waals surface area contributed by atoms with Crippen molar-refractivity contribution in [1.82, 2.24) is 9.78 Å². The SMILES string of the molecule is Cc1nn(C)c(C)c1CCC(O)C1CCOC1. The van der Waals surface area contributed by atoms with Crippen molar-refractivity contribution < 1.29 is 9.84 Å². The molecule has 1 saturated heterocycles. The average Bonchev–Trinajstić information content (AvgIpc) is 2.88. The number of aliphatic hydroxyl groups is 1. The Bertz CT molecular complexity index is 381. The summed E-state index contributed by atoms with van der Waals surface area (Å²) in [5.41, 5.74) is 3.57. The number of ether oxygens (including phenoxy) is 1. The molecule has 2 heterocycles. The van der Waals surface area contributed by atoms with Gasteiger partial charge in [0.2, 0.25) is 0 Å². The van der Waals surface area contributed by atoms with Gasteiger partial charge in [0, 0.05) is 25.3 Å². The van der Waals surface area contributed by atoms with Gasteiger partial charge < -0.3 is 9.84 Å². The summed E-state index contributed by atoms with van der Waals surface area (Å²) in [6.07, 6.45) is 2.47. The van der Waals surface area contributed by atoms with Gasteiger partial charge in [-0.15, -0.1) is 0 Å². The Kier molecular flexibility index (Phi) is 3.84. The summed E-state index contributed by atoms with van der Waals surface area (Å²) >= 11 is 0. The van der Waals surface area contributed by atoms with Crippen LogP contribution in [0.25, 0.3) is 0 Å². The van der Waals surface area contributed by atoms with Gasteiger partial charge in [-0.25, -0.2) is 0 Å². The van der Waals surface area contributed by atoms with E-state index >= 15 is 0 Å². The lowest BCUT2D eigenvalue weighted by Gasteiger charge is -2.16. The molecular formula is C13H22N2O2. The molecular weight excluding hydrogens is 216 g/mol. The number of hydrogen-bond acceptors (Lipinski definition) is 3. The summed E-state index contributed by atoms with van der Waals surface area (Å²) in [5.74, 6) is 0.326. The smallest absolute Gasteiger partial charge is 0.0628 e. The van der Waals surface area contributed by atoms with Gasteiger partial charge in [0.25, 0.3) is 0 Å². The Morgan fingerprint density at radius 1 is 1.53 bits per heavy atom. The lowest BCUT2D eigenvalue weighted by molar-refractivity contribution is 0.0850. The summed E-state index contributed by atoms with van der Waals surface area (Å²) in [6.45, 7) is 5.63. The van der Waals surface area contributed by atoms with Gasteiger partial charge in [-0.05, 0) is 38.7 Å². The maximum absolute atomic E-state index is 10.1. The van der Waals surface area contributed by atoms with Crippen LogP contribution in [0.4, 0.5) is 0 Å². The van der Waals surface area contributed by atoms with Crippen molar-refractivity contribution >= 4 is 0 Å². The monoisotopic (exact) mass is 238 g/mol. The first kappa shape index (κ1) is 12.6. The maximum atomic E-state index is 10.1. The predicted octanol–water partition coefficient (Wildman–Crippen LogP) is 1.37. The van der Waals surface area contributed by atoms with Crippen molar-refractivity contribution in [1.29, 1.82) is 0 Å². The molecule has 0 amide bonds. The number of rotatable bonds is 4. The fraction of sp³-hybridized carbons (Fsp3) is 0.769. The minimum absolute atomic E-state index is 0.239. The minimum Gasteiger partial charge on any atom is -0.393 e. The van der Waals surface area contributed by atoms with E-state index in [-0.39, 0.29) is 6.10 Å². The van der Waals surface area contributed by atoms with Crippen molar-refractivity contribution in [2.24, 2.45) is 13.0 Å². The third-order valence-electron chi connectivity index (χ3n) is 3.86. The van der Waals surface area contributed by atoms with Crippen molar-refractivity contribution in [3.63, 3.8) is 0 Å². The Balaban J connectivity index is 1.92. The van der Waals surface area contributed by atoms with E-state index in [0.717, 1.165) is 31.6 Å². The third-order valence-corrected chi connectivity index (χ3v) is 3.86. The largest absolute Gasteiger partial charge is 0.393 e. The summed E-state index contributed by atoms with van der Waals surface area (Å²) in [6, 6.07) is 0. The van der Waals surface area contributed by atoms with Crippen molar-refractivity contribution in [3.8, 4) is 0 Å². The van der Waals surface area contributed by atoms with Gasteiger partial charge in [-0.1, -0.05) is 0 Å². The normalized spacial score (nSPS) is 22.0. The summed E-state index contributed by atoms with van der Waals surface area (Å²) in [7, 11) is 1.97. The van der Waals surface area contributed by atoms with Gasteiger partial charge in [-0.3, -0.25) is 4.68 Å². The quantitative estimate of drug-likeness (QED) is 0.861. The Morgan fingerprint density at radius 2 is 2.29 bits per heavy atom. The van der Waals surface area contributed by atoms with Gasteiger partial charge in [0.1, 0.15) is 0 Å². The van der Waals surface area contributed by atoms with Crippen molar-refractivity contribution in [2.45, 2.75) is 39.2 Å². The molecule has 1 N–H and O–H groups in total. The molecule has 1 fully saturated rings. The van der Waals surface area contributed by atoms with Gasteiger partial charge in [0.05, 0.1) is 18.4 Å². The molecule has 0 radical (unpaired) electrons. The van der Waals surface area contributed by atoms with E-state index in [0.29, 0.717) is 12.5 Å². The lowest BCUT2D eigenvalue weighted by Crippen LogP contribution is -2.21. The molecule has 2 unspecified atom stereocenters. The van der Waals surface area contributed by atoms with Crippen molar-refractivity contribution in [3.05, 3.63) is 17.0 Å². The standard InChI is InChI=1S/C13H22N2O2/c1-9-12(10(2)15(3)14-9)4-5-13(16)11-6-7-17-8-11/h11,13,16H,4-8H2,1-3H3. The minimum atomic E-state index is -0.239. The fourth-order valence-corrected chi connectivity index (χ4v) is 2.56. The molecule has 1 aromatic rings. The second kappa shape index (κ2) is 5.19. The Hall–Kier alpha value is -0.870. The van der Waals surface area contributed by atoms with E-state index in [4.69, 9.17) is 4.74 Å². The molecule has 2 rings (SSSR count). The highest BCUT2D eigenvalue weighted by Gasteiger charge is 2.24. The van der Waals surface area contributed by atoms with Crippen LogP contribution in [0.2, 0.25) is 0 Å². The Morgan fingerprint density at radius 3 is 2.82 bits per heavy atom. The number of hydrogen-bond donors (Lipinski definition) is 1. The van der Waals surface area contributed by atoms with Crippen LogP contribution < -0.4 is 0 Å². The van der Waals surface area contributed by atoms with Gasteiger partial charge in [0.15, 0.2) is 0 Å². The fourth-order valence-electron chi connectivity index (χ4n) is 2.56. The van der Waals surface area contributed by atoms with E-state index in [9.17, 15) is 5.11 Å². The van der Waals surface area contributed by atoms with E-state index in [1.807, 2.05) is 18.7 Å². The molecule has 1 aliphatic heterocycles. The van der Waals surface area contributed by atoms with E-state index in [1.54, 1.807) is 0 Å². The summed E-state index contributed by atoms with van der Waals surface area (Å²) in [4.78, 5) is 0. The van der Waals surface area contributed by atoms with Crippen LogP contribution in [-0.4, -0.2) is 34.2 Å². The first-order valence-corrected chi connectivity index (χ1v) is 6.34. The van der Waals surface area contributed by atoms with Crippen LogP contribution in [0.1, 0.15) is 29.8 Å². The van der Waals surface area contributed by atoms with E-state index in [1.165, 1.54) is 11.3 Å². The molecule has 1 aliphatic rings. The molecule has 0 bridgehead atoms. The first-order valence-electron chi connectivity index (χ1n) is 6.34. The second-order valence-corrected chi connectivity index (χ2v) is 5.00. The van der Waals surface area contributed by atoms with Crippen LogP contribution in [0.15, 0.2) is 0 Å². The van der Waals surface area contributed by atoms with Crippen LogP contribution in [0, 0.1) is 19.8 Å². The maximum Gasteiger partial charge on any atom is 0.0628 e. The highest BCUT2D eigenvalue weighted by Crippen LogP contribution is 2.22. The molecule has 0 saturated carbocycles. The number of aromatic nitrogens is 2. The molecule has 17 heavy (non-hydrogen) atoms. The number of aliphatic hydroxyl groups excluding tert-OH is 1. The van der Waals surface area contributed by atoms with Gasteiger partial charge in [-0.2, -0.15) is 5.10 Å².